The first kappa shape index (κ1) is 12.6. The second kappa shape index (κ2) is 6.74. The van der Waals surface area contributed by atoms with Gasteiger partial charge in [0.2, 0.25) is 0 Å². The zero-order valence-electron chi connectivity index (χ0n) is 10.9. The van der Waals surface area contributed by atoms with Crippen molar-refractivity contribution in [2.45, 2.75) is 58.5 Å². The molecule has 17 heavy (non-hydrogen) atoms. The SMILES string of the molecule is CCCn1ncnc1CNCCC1CCCC1. The molecule has 1 heterocycles. The van der Waals surface area contributed by atoms with E-state index < -0.39 is 0 Å². The quantitative estimate of drug-likeness (QED) is 0.739. The van der Waals surface area contributed by atoms with E-state index in [1.165, 1.54) is 32.1 Å². The lowest BCUT2D eigenvalue weighted by Gasteiger charge is -2.10. The van der Waals surface area contributed by atoms with Crippen molar-refractivity contribution in [3.8, 4) is 0 Å². The fraction of sp³-hybridized carbons (Fsp3) is 0.846. The van der Waals surface area contributed by atoms with Gasteiger partial charge in [-0.1, -0.05) is 32.6 Å². The molecule has 0 atom stereocenters. The van der Waals surface area contributed by atoms with Crippen molar-refractivity contribution in [1.82, 2.24) is 20.1 Å². The van der Waals surface area contributed by atoms with Gasteiger partial charge < -0.3 is 5.32 Å². The third kappa shape index (κ3) is 3.80. The second-order valence-corrected chi connectivity index (χ2v) is 5.02. The summed E-state index contributed by atoms with van der Waals surface area (Å²) < 4.78 is 2.00. The van der Waals surface area contributed by atoms with Gasteiger partial charge in [-0.25, -0.2) is 9.67 Å². The molecule has 1 aromatic heterocycles. The molecule has 1 saturated carbocycles. The van der Waals surface area contributed by atoms with Gasteiger partial charge in [0.1, 0.15) is 12.2 Å². The number of rotatable bonds is 7. The van der Waals surface area contributed by atoms with E-state index >= 15 is 0 Å². The van der Waals surface area contributed by atoms with Gasteiger partial charge in [0.05, 0.1) is 6.54 Å². The molecule has 0 aliphatic heterocycles. The average molecular weight is 236 g/mol. The molecule has 1 aliphatic carbocycles. The maximum Gasteiger partial charge on any atom is 0.140 e. The maximum atomic E-state index is 4.29. The minimum absolute atomic E-state index is 0.854. The third-order valence-electron chi connectivity index (χ3n) is 3.62. The molecule has 2 rings (SSSR count). The summed E-state index contributed by atoms with van der Waals surface area (Å²) in [6.07, 6.45) is 9.84. The molecule has 96 valence electrons. The molecule has 1 aliphatic rings. The monoisotopic (exact) mass is 236 g/mol. The summed E-state index contributed by atoms with van der Waals surface area (Å²) in [7, 11) is 0. The van der Waals surface area contributed by atoms with Gasteiger partial charge in [0.25, 0.3) is 0 Å². The Kier molecular flexibility index (Phi) is 4.98. The van der Waals surface area contributed by atoms with Crippen LogP contribution in [0.5, 0.6) is 0 Å². The Hall–Kier alpha value is -0.900. The maximum absolute atomic E-state index is 4.29. The van der Waals surface area contributed by atoms with Crippen molar-refractivity contribution < 1.29 is 0 Å². The van der Waals surface area contributed by atoms with E-state index in [-0.39, 0.29) is 0 Å². The highest BCUT2D eigenvalue weighted by molar-refractivity contribution is 4.83. The summed E-state index contributed by atoms with van der Waals surface area (Å²) >= 11 is 0. The smallest absolute Gasteiger partial charge is 0.140 e. The average Bonchev–Trinajstić information content (AvgIpc) is 2.96. The van der Waals surface area contributed by atoms with E-state index in [9.17, 15) is 0 Å². The molecular formula is C13H24N4. The molecule has 1 fully saturated rings. The second-order valence-electron chi connectivity index (χ2n) is 5.02. The number of hydrogen-bond donors (Lipinski definition) is 1. The van der Waals surface area contributed by atoms with E-state index in [0.717, 1.165) is 37.8 Å². The van der Waals surface area contributed by atoms with Crippen LogP contribution in [0.3, 0.4) is 0 Å². The van der Waals surface area contributed by atoms with Crippen LogP contribution in [0.4, 0.5) is 0 Å². The Labute approximate surface area is 104 Å². The van der Waals surface area contributed by atoms with Gasteiger partial charge in [0, 0.05) is 6.54 Å². The van der Waals surface area contributed by atoms with E-state index in [4.69, 9.17) is 0 Å². The summed E-state index contributed by atoms with van der Waals surface area (Å²) in [4.78, 5) is 4.29. The standard InChI is InChI=1S/C13H24N4/c1-2-9-17-13(15-11-16-17)10-14-8-7-12-5-3-4-6-12/h11-12,14H,2-10H2,1H3. The first-order chi connectivity index (χ1) is 8.40. The Balaban J connectivity index is 1.65. The van der Waals surface area contributed by atoms with Gasteiger partial charge >= 0.3 is 0 Å². The molecule has 4 nitrogen and oxygen atoms in total. The van der Waals surface area contributed by atoms with Crippen molar-refractivity contribution in [3.63, 3.8) is 0 Å². The highest BCUT2D eigenvalue weighted by Gasteiger charge is 2.14. The van der Waals surface area contributed by atoms with Crippen LogP contribution in [0.25, 0.3) is 0 Å². The van der Waals surface area contributed by atoms with E-state index in [0.29, 0.717) is 0 Å². The Morgan fingerprint density at radius 2 is 2.24 bits per heavy atom. The zero-order valence-corrected chi connectivity index (χ0v) is 10.9. The third-order valence-corrected chi connectivity index (χ3v) is 3.62. The Bertz CT molecular complexity index is 315. The first-order valence-corrected chi connectivity index (χ1v) is 6.97. The number of aryl methyl sites for hydroxylation is 1. The minimum atomic E-state index is 0.854. The molecule has 0 aromatic carbocycles. The van der Waals surface area contributed by atoms with Gasteiger partial charge in [-0.2, -0.15) is 5.10 Å². The lowest BCUT2D eigenvalue weighted by molar-refractivity contribution is 0.466. The van der Waals surface area contributed by atoms with Crippen LogP contribution in [0, 0.1) is 5.92 Å². The van der Waals surface area contributed by atoms with E-state index in [2.05, 4.69) is 22.3 Å². The normalized spacial score (nSPS) is 16.8. The van der Waals surface area contributed by atoms with Gasteiger partial charge in [0.15, 0.2) is 0 Å². The van der Waals surface area contributed by atoms with Crippen molar-refractivity contribution >= 4 is 0 Å². The number of hydrogen-bond acceptors (Lipinski definition) is 3. The van der Waals surface area contributed by atoms with Crippen LogP contribution in [0.2, 0.25) is 0 Å². The van der Waals surface area contributed by atoms with Gasteiger partial charge in [-0.05, 0) is 25.3 Å². The molecule has 1 aromatic rings. The Morgan fingerprint density at radius 3 is 3.00 bits per heavy atom. The lowest BCUT2D eigenvalue weighted by Crippen LogP contribution is -2.20. The van der Waals surface area contributed by atoms with Crippen molar-refractivity contribution in [3.05, 3.63) is 12.2 Å². The van der Waals surface area contributed by atoms with Crippen LogP contribution >= 0.6 is 0 Å². The highest BCUT2D eigenvalue weighted by atomic mass is 15.3. The number of nitrogens with zero attached hydrogens (tertiary/aromatic N) is 3. The predicted octanol–water partition coefficient (Wildman–Crippen LogP) is 2.36. The molecule has 0 saturated heterocycles. The van der Waals surface area contributed by atoms with E-state index in [1.54, 1.807) is 6.33 Å². The predicted molar refractivity (Wildman–Crippen MR) is 68.6 cm³/mol. The summed E-state index contributed by atoms with van der Waals surface area (Å²) in [5.74, 6) is 2.04. The fourth-order valence-electron chi connectivity index (χ4n) is 2.63. The number of aromatic nitrogens is 3. The van der Waals surface area contributed by atoms with Crippen molar-refractivity contribution in [2.24, 2.45) is 5.92 Å². The summed E-state index contributed by atoms with van der Waals surface area (Å²) in [5.41, 5.74) is 0. The summed E-state index contributed by atoms with van der Waals surface area (Å²) in [6.45, 7) is 5.11. The fourth-order valence-corrected chi connectivity index (χ4v) is 2.63. The molecule has 0 amide bonds. The molecule has 0 radical (unpaired) electrons. The highest BCUT2D eigenvalue weighted by Crippen LogP contribution is 2.26. The summed E-state index contributed by atoms with van der Waals surface area (Å²) in [5, 5.41) is 7.72. The molecule has 0 bridgehead atoms. The van der Waals surface area contributed by atoms with Crippen molar-refractivity contribution in [1.29, 1.82) is 0 Å². The number of nitrogens with one attached hydrogen (secondary N) is 1. The van der Waals surface area contributed by atoms with E-state index in [1.807, 2.05) is 4.68 Å². The zero-order chi connectivity index (χ0) is 11.9. The van der Waals surface area contributed by atoms with Crippen LogP contribution in [-0.4, -0.2) is 21.3 Å². The Morgan fingerprint density at radius 1 is 1.41 bits per heavy atom. The van der Waals surface area contributed by atoms with Crippen LogP contribution < -0.4 is 5.32 Å². The topological polar surface area (TPSA) is 42.7 Å². The van der Waals surface area contributed by atoms with Crippen LogP contribution in [-0.2, 0) is 13.1 Å². The van der Waals surface area contributed by atoms with Crippen molar-refractivity contribution in [2.75, 3.05) is 6.54 Å². The van der Waals surface area contributed by atoms with Gasteiger partial charge in [-0.3, -0.25) is 0 Å². The molecule has 0 unspecified atom stereocenters. The van der Waals surface area contributed by atoms with Gasteiger partial charge in [-0.15, -0.1) is 0 Å². The van der Waals surface area contributed by atoms with Crippen LogP contribution in [0.15, 0.2) is 6.33 Å². The molecular weight excluding hydrogens is 212 g/mol. The molecule has 0 spiro atoms. The molecule has 4 heteroatoms. The van der Waals surface area contributed by atoms with Crippen LogP contribution in [0.1, 0.15) is 51.3 Å². The summed E-state index contributed by atoms with van der Waals surface area (Å²) in [6, 6.07) is 0. The minimum Gasteiger partial charge on any atom is -0.310 e. The lowest BCUT2D eigenvalue weighted by atomic mass is 10.0. The largest absolute Gasteiger partial charge is 0.310 e. The first-order valence-electron chi connectivity index (χ1n) is 6.97. The molecule has 1 N–H and O–H groups in total.